The number of anilines is 2. The second-order valence-corrected chi connectivity index (χ2v) is 3.82. The van der Waals surface area contributed by atoms with Crippen LogP contribution in [0.15, 0.2) is 30.7 Å². The van der Waals surface area contributed by atoms with E-state index in [-0.39, 0.29) is 17.2 Å². The zero-order valence-corrected chi connectivity index (χ0v) is 10.3. The Labute approximate surface area is 116 Å². The Morgan fingerprint density at radius 1 is 1.10 bits per heavy atom. The Hall–Kier alpha value is -2.75. The van der Waals surface area contributed by atoms with Gasteiger partial charge in [-0.25, -0.2) is 20.8 Å². The number of nitrogen functional groups attached to an aromatic ring is 1. The third-order valence-corrected chi connectivity index (χ3v) is 2.34. The molecule has 0 fully saturated rings. The molecule has 0 atom stereocenters. The van der Waals surface area contributed by atoms with Gasteiger partial charge in [-0.3, -0.25) is 4.79 Å². The van der Waals surface area contributed by atoms with Gasteiger partial charge in [0.25, 0.3) is 5.91 Å². The standard InChI is InChI=1S/C11H9F3N6O/c12-11(13,14)8-2-1-6(3-17-8)19-10(21)7-4-18-9(20-15)5-16-7/h1-5H,15H2,(H,18,20)(H,19,21). The number of hydrogen-bond donors (Lipinski definition) is 3. The maximum Gasteiger partial charge on any atom is 0.433 e. The van der Waals surface area contributed by atoms with Crippen LogP contribution in [0.3, 0.4) is 0 Å². The first-order chi connectivity index (χ1) is 9.90. The predicted octanol–water partition coefficient (Wildman–Crippen LogP) is 1.43. The van der Waals surface area contributed by atoms with Crippen molar-refractivity contribution in [3.63, 3.8) is 0 Å². The van der Waals surface area contributed by atoms with Crippen LogP contribution < -0.4 is 16.6 Å². The summed E-state index contributed by atoms with van der Waals surface area (Å²) in [6.07, 6.45) is -1.22. The lowest BCUT2D eigenvalue weighted by atomic mass is 10.3. The highest BCUT2D eigenvalue weighted by Gasteiger charge is 2.32. The minimum atomic E-state index is -4.53. The van der Waals surface area contributed by atoms with Crippen LogP contribution >= 0.6 is 0 Å². The molecule has 2 rings (SSSR count). The van der Waals surface area contributed by atoms with Crippen LogP contribution in [0.4, 0.5) is 24.7 Å². The second-order valence-electron chi connectivity index (χ2n) is 3.82. The van der Waals surface area contributed by atoms with Crippen molar-refractivity contribution in [2.24, 2.45) is 5.84 Å². The molecule has 0 saturated heterocycles. The number of carbonyl (C=O) groups excluding carboxylic acids is 1. The molecule has 0 aliphatic carbocycles. The Morgan fingerprint density at radius 3 is 2.33 bits per heavy atom. The van der Waals surface area contributed by atoms with Crippen LogP contribution in [0.25, 0.3) is 0 Å². The second kappa shape index (κ2) is 5.71. The lowest BCUT2D eigenvalue weighted by Crippen LogP contribution is -2.16. The number of nitrogens with one attached hydrogen (secondary N) is 2. The number of carbonyl (C=O) groups is 1. The molecule has 21 heavy (non-hydrogen) atoms. The number of hydrazine groups is 1. The molecule has 4 N–H and O–H groups in total. The number of amides is 1. The predicted molar refractivity (Wildman–Crippen MR) is 67.0 cm³/mol. The quantitative estimate of drug-likeness (QED) is 0.584. The number of rotatable bonds is 3. The van der Waals surface area contributed by atoms with Crippen LogP contribution in [-0.2, 0) is 6.18 Å². The average Bonchev–Trinajstić information content (AvgIpc) is 2.47. The number of nitrogens with zero attached hydrogens (tertiary/aromatic N) is 3. The SMILES string of the molecule is NNc1cnc(C(=O)Nc2ccc(C(F)(F)F)nc2)cn1. The molecule has 2 aromatic heterocycles. The van der Waals surface area contributed by atoms with Crippen LogP contribution in [-0.4, -0.2) is 20.9 Å². The van der Waals surface area contributed by atoms with Crippen molar-refractivity contribution in [1.82, 2.24) is 15.0 Å². The number of nitrogens with two attached hydrogens (primary N) is 1. The highest BCUT2D eigenvalue weighted by atomic mass is 19.4. The molecule has 10 heteroatoms. The largest absolute Gasteiger partial charge is 0.433 e. The maximum absolute atomic E-state index is 12.3. The fraction of sp³-hybridized carbons (Fsp3) is 0.0909. The highest BCUT2D eigenvalue weighted by Crippen LogP contribution is 2.27. The Kier molecular flexibility index (Phi) is 3.98. The first-order valence-corrected chi connectivity index (χ1v) is 5.53. The molecular formula is C11H9F3N6O. The zero-order valence-electron chi connectivity index (χ0n) is 10.3. The smallest absolute Gasteiger partial charge is 0.319 e. The van der Waals surface area contributed by atoms with Crippen LogP contribution in [0.2, 0.25) is 0 Å². The van der Waals surface area contributed by atoms with Gasteiger partial charge in [-0.1, -0.05) is 0 Å². The summed E-state index contributed by atoms with van der Waals surface area (Å²) < 4.78 is 37.0. The summed E-state index contributed by atoms with van der Waals surface area (Å²) in [5, 5.41) is 2.35. The molecule has 0 aliphatic heterocycles. The van der Waals surface area contributed by atoms with Gasteiger partial charge in [0.15, 0.2) is 5.82 Å². The van der Waals surface area contributed by atoms with Crippen molar-refractivity contribution in [3.8, 4) is 0 Å². The van der Waals surface area contributed by atoms with Crippen molar-refractivity contribution in [1.29, 1.82) is 0 Å². The van der Waals surface area contributed by atoms with Crippen molar-refractivity contribution < 1.29 is 18.0 Å². The fourth-order valence-electron chi connectivity index (χ4n) is 1.35. The molecule has 0 bridgehead atoms. The first kappa shape index (κ1) is 14.7. The molecule has 7 nitrogen and oxygen atoms in total. The Balaban J connectivity index is 2.08. The third-order valence-electron chi connectivity index (χ3n) is 2.34. The van der Waals surface area contributed by atoms with Gasteiger partial charge in [-0.15, -0.1) is 0 Å². The third kappa shape index (κ3) is 3.63. The fourth-order valence-corrected chi connectivity index (χ4v) is 1.35. The van der Waals surface area contributed by atoms with E-state index in [9.17, 15) is 18.0 Å². The normalized spacial score (nSPS) is 11.0. The number of aromatic nitrogens is 3. The lowest BCUT2D eigenvalue weighted by molar-refractivity contribution is -0.141. The van der Waals surface area contributed by atoms with E-state index in [1.807, 2.05) is 0 Å². The van der Waals surface area contributed by atoms with E-state index in [4.69, 9.17) is 5.84 Å². The van der Waals surface area contributed by atoms with Gasteiger partial charge >= 0.3 is 6.18 Å². The highest BCUT2D eigenvalue weighted by molar-refractivity contribution is 6.02. The van der Waals surface area contributed by atoms with Crippen molar-refractivity contribution in [2.45, 2.75) is 6.18 Å². The molecule has 0 spiro atoms. The lowest BCUT2D eigenvalue weighted by Gasteiger charge is -2.07. The monoisotopic (exact) mass is 298 g/mol. The summed E-state index contributed by atoms with van der Waals surface area (Å²) in [5.74, 6) is 4.73. The minimum Gasteiger partial charge on any atom is -0.319 e. The first-order valence-electron chi connectivity index (χ1n) is 5.53. The molecular weight excluding hydrogens is 289 g/mol. The number of pyridine rings is 1. The van der Waals surface area contributed by atoms with Gasteiger partial charge in [0.05, 0.1) is 24.3 Å². The van der Waals surface area contributed by atoms with E-state index in [1.54, 1.807) is 0 Å². The molecule has 2 heterocycles. The van der Waals surface area contributed by atoms with Crippen molar-refractivity contribution in [3.05, 3.63) is 42.1 Å². The molecule has 1 amide bonds. The Morgan fingerprint density at radius 2 is 1.86 bits per heavy atom. The van der Waals surface area contributed by atoms with Gasteiger partial charge in [0.2, 0.25) is 0 Å². The van der Waals surface area contributed by atoms with Gasteiger partial charge in [-0.05, 0) is 12.1 Å². The summed E-state index contributed by atoms with van der Waals surface area (Å²) in [6, 6.07) is 1.86. The molecule has 0 radical (unpaired) electrons. The van der Waals surface area contributed by atoms with E-state index < -0.39 is 17.8 Å². The van der Waals surface area contributed by atoms with Gasteiger partial charge < -0.3 is 10.7 Å². The van der Waals surface area contributed by atoms with Crippen LogP contribution in [0.1, 0.15) is 16.2 Å². The van der Waals surface area contributed by atoms with E-state index in [0.29, 0.717) is 0 Å². The molecule has 0 saturated carbocycles. The maximum atomic E-state index is 12.3. The number of halogens is 3. The van der Waals surface area contributed by atoms with Gasteiger partial charge in [0, 0.05) is 0 Å². The summed E-state index contributed by atoms with van der Waals surface area (Å²) in [6.45, 7) is 0. The van der Waals surface area contributed by atoms with E-state index >= 15 is 0 Å². The Bertz CT molecular complexity index is 626. The number of alkyl halides is 3. The minimum absolute atomic E-state index is 0.0195. The molecule has 0 aliphatic rings. The zero-order chi connectivity index (χ0) is 15.5. The van der Waals surface area contributed by atoms with Gasteiger partial charge in [-0.2, -0.15) is 13.2 Å². The van der Waals surface area contributed by atoms with Crippen molar-refractivity contribution >= 4 is 17.4 Å². The van der Waals surface area contributed by atoms with E-state index in [2.05, 4.69) is 25.7 Å². The van der Waals surface area contributed by atoms with E-state index in [0.717, 1.165) is 18.3 Å². The summed E-state index contributed by atoms with van der Waals surface area (Å²) in [5.41, 5.74) is 1.29. The molecule has 110 valence electrons. The summed E-state index contributed by atoms with van der Waals surface area (Å²) in [4.78, 5) is 22.6. The van der Waals surface area contributed by atoms with Crippen LogP contribution in [0.5, 0.6) is 0 Å². The van der Waals surface area contributed by atoms with E-state index in [1.165, 1.54) is 12.4 Å². The van der Waals surface area contributed by atoms with Crippen molar-refractivity contribution in [2.75, 3.05) is 10.7 Å². The molecule has 0 unspecified atom stereocenters. The summed E-state index contributed by atoms with van der Waals surface area (Å²) >= 11 is 0. The topological polar surface area (TPSA) is 106 Å². The van der Waals surface area contributed by atoms with Crippen LogP contribution in [0, 0.1) is 0 Å². The molecule has 2 aromatic rings. The molecule has 0 aromatic carbocycles. The number of hydrogen-bond acceptors (Lipinski definition) is 6. The summed E-state index contributed by atoms with van der Waals surface area (Å²) in [7, 11) is 0. The average molecular weight is 298 g/mol. The van der Waals surface area contributed by atoms with Gasteiger partial charge in [0.1, 0.15) is 11.4 Å².